The van der Waals surface area contributed by atoms with Gasteiger partial charge in [0.25, 0.3) is 5.91 Å². The van der Waals surface area contributed by atoms with Gasteiger partial charge in [0, 0.05) is 28.9 Å². The van der Waals surface area contributed by atoms with Crippen LogP contribution in [0.3, 0.4) is 0 Å². The molecule has 1 aromatic heterocycles. The number of fused-ring (bicyclic) bond motifs is 1. The molecule has 1 saturated carbocycles. The van der Waals surface area contributed by atoms with E-state index in [0.29, 0.717) is 5.69 Å². The van der Waals surface area contributed by atoms with Crippen LogP contribution in [-0.2, 0) is 0 Å². The maximum absolute atomic E-state index is 13.0. The third kappa shape index (κ3) is 2.97. The van der Waals surface area contributed by atoms with Gasteiger partial charge in [0.1, 0.15) is 17.3 Å². The summed E-state index contributed by atoms with van der Waals surface area (Å²) in [5, 5.41) is 4.06. The smallest absolute Gasteiger partial charge is 0.267 e. The van der Waals surface area contributed by atoms with E-state index in [9.17, 15) is 9.18 Å². The molecule has 1 aliphatic carbocycles. The van der Waals surface area contributed by atoms with Gasteiger partial charge in [0.05, 0.1) is 7.11 Å². The van der Waals surface area contributed by atoms with Gasteiger partial charge < -0.3 is 15.0 Å². The number of hydrogen-bond acceptors (Lipinski definition) is 2. The largest absolute Gasteiger partial charge is 0.497 e. The fourth-order valence-corrected chi connectivity index (χ4v) is 3.30. The van der Waals surface area contributed by atoms with Crippen molar-refractivity contribution < 1.29 is 13.9 Å². The number of aryl methyl sites for hydroxylation is 1. The number of hydrogen-bond donors (Lipinski definition) is 2. The summed E-state index contributed by atoms with van der Waals surface area (Å²) in [6.07, 6.45) is 0.879. The molecule has 0 unspecified atom stereocenters. The Kier molecular flexibility index (Phi) is 3.71. The summed E-state index contributed by atoms with van der Waals surface area (Å²) in [5.74, 6) is 0.658. The summed E-state index contributed by atoms with van der Waals surface area (Å²) in [6.45, 7) is 1.99. The van der Waals surface area contributed by atoms with Gasteiger partial charge in [-0.25, -0.2) is 4.39 Å². The number of ether oxygens (including phenoxy) is 1. The molecule has 128 valence electrons. The minimum atomic E-state index is -0.242. The summed E-state index contributed by atoms with van der Waals surface area (Å²) in [4.78, 5) is 15.7. The van der Waals surface area contributed by atoms with Crippen LogP contribution in [0.2, 0.25) is 0 Å². The Morgan fingerprint density at radius 1 is 1.24 bits per heavy atom. The Bertz CT molecular complexity index is 946. The number of halogens is 1. The van der Waals surface area contributed by atoms with E-state index in [0.717, 1.165) is 34.2 Å². The van der Waals surface area contributed by atoms with Crippen molar-refractivity contribution in [2.75, 3.05) is 7.11 Å². The average Bonchev–Trinajstić information content (AvgIpc) is 3.21. The maximum atomic E-state index is 13.0. The number of methoxy groups -OCH3 is 1. The first-order chi connectivity index (χ1) is 12.0. The molecule has 2 aromatic carbocycles. The Morgan fingerprint density at radius 2 is 2.00 bits per heavy atom. The molecule has 5 heteroatoms. The van der Waals surface area contributed by atoms with E-state index in [4.69, 9.17) is 4.74 Å². The van der Waals surface area contributed by atoms with E-state index in [2.05, 4.69) is 10.3 Å². The Labute approximate surface area is 145 Å². The third-order valence-electron chi connectivity index (χ3n) is 4.80. The molecule has 2 N–H and O–H groups in total. The van der Waals surface area contributed by atoms with E-state index in [1.807, 2.05) is 25.1 Å². The Balaban J connectivity index is 1.49. The summed E-state index contributed by atoms with van der Waals surface area (Å²) in [5.41, 5.74) is 3.54. The quantitative estimate of drug-likeness (QED) is 0.758. The molecule has 1 heterocycles. The monoisotopic (exact) mass is 338 g/mol. The van der Waals surface area contributed by atoms with Crippen LogP contribution in [0.4, 0.5) is 4.39 Å². The van der Waals surface area contributed by atoms with Crippen LogP contribution in [-0.4, -0.2) is 24.0 Å². The van der Waals surface area contributed by atoms with Gasteiger partial charge in [-0.1, -0.05) is 12.1 Å². The minimum Gasteiger partial charge on any atom is -0.497 e. The number of benzene rings is 2. The van der Waals surface area contributed by atoms with Crippen LogP contribution < -0.4 is 10.1 Å². The van der Waals surface area contributed by atoms with Crippen molar-refractivity contribution in [1.82, 2.24) is 10.3 Å². The zero-order valence-electron chi connectivity index (χ0n) is 14.1. The molecule has 0 radical (unpaired) electrons. The molecule has 4 nitrogen and oxygen atoms in total. The molecule has 1 fully saturated rings. The molecule has 0 spiro atoms. The lowest BCUT2D eigenvalue weighted by Crippen LogP contribution is -2.26. The van der Waals surface area contributed by atoms with Crippen molar-refractivity contribution in [2.24, 2.45) is 0 Å². The maximum Gasteiger partial charge on any atom is 0.267 e. The van der Waals surface area contributed by atoms with Crippen molar-refractivity contribution in [3.05, 3.63) is 65.1 Å². The first kappa shape index (κ1) is 15.7. The molecule has 1 aliphatic rings. The zero-order valence-corrected chi connectivity index (χ0v) is 14.1. The highest BCUT2D eigenvalue weighted by Crippen LogP contribution is 2.41. The predicted molar refractivity (Wildman–Crippen MR) is 94.6 cm³/mol. The lowest BCUT2D eigenvalue weighted by atomic mass is 10.1. The second kappa shape index (κ2) is 5.92. The number of rotatable bonds is 4. The summed E-state index contributed by atoms with van der Waals surface area (Å²) in [6, 6.07) is 12.3. The van der Waals surface area contributed by atoms with Crippen molar-refractivity contribution >= 4 is 16.8 Å². The van der Waals surface area contributed by atoms with Gasteiger partial charge in [-0.3, -0.25) is 4.79 Å². The highest BCUT2D eigenvalue weighted by Gasteiger charge is 2.39. The number of H-pyrrole nitrogens is 1. The third-order valence-corrected chi connectivity index (χ3v) is 4.80. The molecular weight excluding hydrogens is 319 g/mol. The van der Waals surface area contributed by atoms with Gasteiger partial charge in [0.15, 0.2) is 0 Å². The van der Waals surface area contributed by atoms with Crippen molar-refractivity contribution in [2.45, 2.75) is 25.3 Å². The summed E-state index contributed by atoms with van der Waals surface area (Å²) >= 11 is 0. The molecule has 3 aromatic rings. The number of aromatic nitrogens is 1. The standard InChI is InChI=1S/C20H19FN2O2/c1-11-7-14(25-2)8-17-15(11)9-19(22-17)20(24)23-18-10-16(18)12-3-5-13(21)6-4-12/h3-9,16,18,22H,10H2,1-2H3,(H,23,24)/t16-,18+/m0/s1. The fraction of sp³-hybridized carbons (Fsp3) is 0.250. The van der Waals surface area contributed by atoms with Gasteiger partial charge >= 0.3 is 0 Å². The average molecular weight is 338 g/mol. The van der Waals surface area contributed by atoms with Crippen molar-refractivity contribution in [3.63, 3.8) is 0 Å². The predicted octanol–water partition coefficient (Wildman–Crippen LogP) is 3.91. The van der Waals surface area contributed by atoms with E-state index >= 15 is 0 Å². The van der Waals surface area contributed by atoms with E-state index in [1.165, 1.54) is 12.1 Å². The van der Waals surface area contributed by atoms with Crippen molar-refractivity contribution in [1.29, 1.82) is 0 Å². The summed E-state index contributed by atoms with van der Waals surface area (Å²) in [7, 11) is 1.62. The minimum absolute atomic E-state index is 0.0972. The van der Waals surface area contributed by atoms with Crippen LogP contribution in [0, 0.1) is 12.7 Å². The van der Waals surface area contributed by atoms with Gasteiger partial charge in [0.2, 0.25) is 0 Å². The SMILES string of the molecule is COc1cc(C)c2cc(C(=O)N[C@@H]3C[C@H]3c3ccc(F)cc3)[nH]c2c1. The van der Waals surface area contributed by atoms with Gasteiger partial charge in [-0.05, 0) is 48.7 Å². The molecule has 25 heavy (non-hydrogen) atoms. The van der Waals surface area contributed by atoms with Crippen LogP contribution in [0.1, 0.15) is 34.0 Å². The van der Waals surface area contributed by atoms with Gasteiger partial charge in [-0.2, -0.15) is 0 Å². The Hall–Kier alpha value is -2.82. The van der Waals surface area contributed by atoms with Crippen LogP contribution >= 0.6 is 0 Å². The topological polar surface area (TPSA) is 54.1 Å². The Morgan fingerprint density at radius 3 is 2.72 bits per heavy atom. The molecule has 2 atom stereocenters. The van der Waals surface area contributed by atoms with Crippen molar-refractivity contribution in [3.8, 4) is 5.75 Å². The van der Waals surface area contributed by atoms with Gasteiger partial charge in [-0.15, -0.1) is 0 Å². The summed E-state index contributed by atoms with van der Waals surface area (Å²) < 4.78 is 18.3. The zero-order chi connectivity index (χ0) is 17.6. The number of carbonyl (C=O) groups excluding carboxylic acids is 1. The lowest BCUT2D eigenvalue weighted by molar-refractivity contribution is 0.0946. The number of nitrogens with one attached hydrogen (secondary N) is 2. The molecule has 4 rings (SSSR count). The second-order valence-corrected chi connectivity index (χ2v) is 6.56. The van der Waals surface area contributed by atoms with E-state index in [1.54, 1.807) is 19.2 Å². The van der Waals surface area contributed by atoms with Crippen LogP contribution in [0.15, 0.2) is 42.5 Å². The molecule has 0 aliphatic heterocycles. The number of carbonyl (C=O) groups is 1. The fourth-order valence-electron chi connectivity index (χ4n) is 3.30. The second-order valence-electron chi connectivity index (χ2n) is 6.56. The number of aromatic amines is 1. The van der Waals surface area contributed by atoms with E-state index < -0.39 is 0 Å². The van der Waals surface area contributed by atoms with E-state index in [-0.39, 0.29) is 23.7 Å². The highest BCUT2D eigenvalue weighted by molar-refractivity contribution is 5.99. The number of amides is 1. The lowest BCUT2D eigenvalue weighted by Gasteiger charge is -2.03. The van der Waals surface area contributed by atoms with Crippen LogP contribution in [0.5, 0.6) is 5.75 Å². The van der Waals surface area contributed by atoms with Crippen LogP contribution in [0.25, 0.3) is 10.9 Å². The molecule has 0 bridgehead atoms. The molecule has 1 amide bonds. The first-order valence-corrected chi connectivity index (χ1v) is 8.29. The first-order valence-electron chi connectivity index (χ1n) is 8.29. The highest BCUT2D eigenvalue weighted by atomic mass is 19.1. The normalized spacial score (nSPS) is 19.0. The molecule has 0 saturated heterocycles. The molecular formula is C20H19FN2O2.